The number of hydrogen-bond acceptors (Lipinski definition) is 4. The van der Waals surface area contributed by atoms with Gasteiger partial charge in [-0.1, -0.05) is 54.6 Å². The quantitative estimate of drug-likeness (QED) is 0.455. The van der Waals surface area contributed by atoms with Crippen molar-refractivity contribution in [1.29, 1.82) is 5.41 Å². The summed E-state index contributed by atoms with van der Waals surface area (Å²) in [6, 6.07) is 26.5. The Morgan fingerprint density at radius 3 is 2.25 bits per heavy atom. The zero-order valence-corrected chi connectivity index (χ0v) is 15.3. The highest BCUT2D eigenvalue weighted by Gasteiger charge is 2.04. The van der Waals surface area contributed by atoms with E-state index in [4.69, 9.17) is 5.41 Å². The van der Waals surface area contributed by atoms with Gasteiger partial charge in [0.15, 0.2) is 0 Å². The molecule has 0 atom stereocenters. The summed E-state index contributed by atoms with van der Waals surface area (Å²) in [7, 11) is 0. The van der Waals surface area contributed by atoms with Gasteiger partial charge in [0, 0.05) is 23.7 Å². The first-order valence-electron chi connectivity index (χ1n) is 9.14. The lowest BCUT2D eigenvalue weighted by molar-refractivity contribution is 1.19. The zero-order chi connectivity index (χ0) is 19.2. The normalized spacial score (nSPS) is 11.4. The third-order valence-corrected chi connectivity index (χ3v) is 4.50. The maximum absolute atomic E-state index is 7.73. The Morgan fingerprint density at radius 2 is 1.50 bits per heavy atom. The summed E-state index contributed by atoms with van der Waals surface area (Å²) in [6.07, 6.45) is 5.69. The molecule has 28 heavy (non-hydrogen) atoms. The van der Waals surface area contributed by atoms with Crippen LogP contribution in [0.2, 0.25) is 0 Å². The van der Waals surface area contributed by atoms with E-state index in [9.17, 15) is 0 Å². The van der Waals surface area contributed by atoms with Crippen LogP contribution >= 0.6 is 0 Å². The lowest BCUT2D eigenvalue weighted by Crippen LogP contribution is -1.97. The van der Waals surface area contributed by atoms with Crippen LogP contribution in [0.15, 0.2) is 91.3 Å². The number of anilines is 1. The van der Waals surface area contributed by atoms with Crippen LogP contribution in [-0.4, -0.2) is 16.2 Å². The fraction of sp³-hybridized carbons (Fsp3) is 0.0417. The van der Waals surface area contributed by atoms with Crippen LogP contribution in [0.25, 0.3) is 16.6 Å². The molecule has 0 amide bonds. The average molecular weight is 364 g/mol. The van der Waals surface area contributed by atoms with E-state index in [1.165, 1.54) is 17.3 Å². The molecule has 1 heterocycles. The van der Waals surface area contributed by atoms with Gasteiger partial charge in [0.1, 0.15) is 0 Å². The van der Waals surface area contributed by atoms with Crippen molar-refractivity contribution in [2.45, 2.75) is 6.42 Å². The van der Waals surface area contributed by atoms with E-state index in [1.54, 1.807) is 12.4 Å². The maximum atomic E-state index is 7.73. The Bertz CT molecular complexity index is 1120. The second-order valence-electron chi connectivity index (χ2n) is 6.49. The predicted molar refractivity (Wildman–Crippen MR) is 116 cm³/mol. The second-order valence-corrected chi connectivity index (χ2v) is 6.49. The van der Waals surface area contributed by atoms with Crippen molar-refractivity contribution in [3.63, 3.8) is 0 Å². The van der Waals surface area contributed by atoms with E-state index in [-0.39, 0.29) is 0 Å². The SMILES string of the molecule is N=C/C(=C\Nc1ccc(Cc2ccccc2)cc1)c1cnc2ccccc2n1. The average Bonchev–Trinajstić information content (AvgIpc) is 2.76. The van der Waals surface area contributed by atoms with Crippen LogP contribution in [0.3, 0.4) is 0 Å². The third kappa shape index (κ3) is 4.13. The van der Waals surface area contributed by atoms with Crippen LogP contribution in [0.5, 0.6) is 0 Å². The van der Waals surface area contributed by atoms with Crippen molar-refractivity contribution in [2.75, 3.05) is 5.32 Å². The summed E-state index contributed by atoms with van der Waals surface area (Å²) >= 11 is 0. The number of nitrogens with one attached hydrogen (secondary N) is 2. The molecule has 0 bridgehead atoms. The van der Waals surface area contributed by atoms with Gasteiger partial charge in [-0.15, -0.1) is 0 Å². The molecule has 0 radical (unpaired) electrons. The van der Waals surface area contributed by atoms with Gasteiger partial charge in [0.05, 0.1) is 22.9 Å². The van der Waals surface area contributed by atoms with Gasteiger partial charge in [0.25, 0.3) is 0 Å². The first-order valence-corrected chi connectivity index (χ1v) is 9.14. The molecule has 136 valence electrons. The van der Waals surface area contributed by atoms with Crippen molar-refractivity contribution in [3.8, 4) is 0 Å². The van der Waals surface area contributed by atoms with Crippen LogP contribution in [0, 0.1) is 5.41 Å². The van der Waals surface area contributed by atoms with E-state index < -0.39 is 0 Å². The van der Waals surface area contributed by atoms with Crippen molar-refractivity contribution in [1.82, 2.24) is 9.97 Å². The molecular weight excluding hydrogens is 344 g/mol. The Labute approximate surface area is 164 Å². The lowest BCUT2D eigenvalue weighted by atomic mass is 10.0. The highest BCUT2D eigenvalue weighted by Crippen LogP contribution is 2.17. The minimum absolute atomic E-state index is 0.668. The van der Waals surface area contributed by atoms with Crippen LogP contribution in [-0.2, 0) is 6.42 Å². The zero-order valence-electron chi connectivity index (χ0n) is 15.3. The number of nitrogens with zero attached hydrogens (tertiary/aromatic N) is 2. The molecule has 0 saturated heterocycles. The molecule has 3 aromatic carbocycles. The van der Waals surface area contributed by atoms with Crippen molar-refractivity contribution >= 4 is 28.5 Å². The van der Waals surface area contributed by atoms with E-state index in [0.717, 1.165) is 23.1 Å². The Hall–Kier alpha value is -3.79. The van der Waals surface area contributed by atoms with E-state index in [2.05, 4.69) is 51.7 Å². The Morgan fingerprint density at radius 1 is 0.821 bits per heavy atom. The molecule has 0 spiro atoms. The topological polar surface area (TPSA) is 61.7 Å². The summed E-state index contributed by atoms with van der Waals surface area (Å²) in [5, 5.41) is 11.0. The van der Waals surface area contributed by atoms with Crippen molar-refractivity contribution < 1.29 is 0 Å². The highest BCUT2D eigenvalue weighted by atomic mass is 14.9. The van der Waals surface area contributed by atoms with Crippen molar-refractivity contribution in [3.05, 3.63) is 108 Å². The van der Waals surface area contributed by atoms with Gasteiger partial charge in [0.2, 0.25) is 0 Å². The number of rotatable bonds is 6. The van der Waals surface area contributed by atoms with Gasteiger partial charge in [-0.3, -0.25) is 4.98 Å². The molecule has 4 aromatic rings. The van der Waals surface area contributed by atoms with Crippen LogP contribution in [0.4, 0.5) is 5.69 Å². The number of hydrogen-bond donors (Lipinski definition) is 2. The minimum Gasteiger partial charge on any atom is -0.361 e. The number of aromatic nitrogens is 2. The molecule has 4 rings (SSSR count). The molecule has 4 nitrogen and oxygen atoms in total. The summed E-state index contributed by atoms with van der Waals surface area (Å²) < 4.78 is 0. The van der Waals surface area contributed by atoms with E-state index in [0.29, 0.717) is 11.3 Å². The van der Waals surface area contributed by atoms with Gasteiger partial charge < -0.3 is 10.7 Å². The molecule has 0 fully saturated rings. The van der Waals surface area contributed by atoms with Crippen LogP contribution in [0.1, 0.15) is 16.8 Å². The number of fused-ring (bicyclic) bond motifs is 1. The van der Waals surface area contributed by atoms with Gasteiger partial charge in [-0.05, 0) is 41.8 Å². The predicted octanol–water partition coefficient (Wildman–Crippen LogP) is 5.32. The van der Waals surface area contributed by atoms with Crippen molar-refractivity contribution in [2.24, 2.45) is 0 Å². The third-order valence-electron chi connectivity index (χ3n) is 4.50. The Kier molecular flexibility index (Phi) is 5.20. The molecule has 0 saturated carbocycles. The smallest absolute Gasteiger partial charge is 0.0922 e. The molecule has 0 aliphatic carbocycles. The highest BCUT2D eigenvalue weighted by molar-refractivity contribution is 6.08. The molecule has 0 aliphatic heterocycles. The largest absolute Gasteiger partial charge is 0.361 e. The summed E-state index contributed by atoms with van der Waals surface area (Å²) in [6.45, 7) is 0. The molecule has 0 aliphatic rings. The van der Waals surface area contributed by atoms with Gasteiger partial charge in [-0.2, -0.15) is 0 Å². The molecule has 4 heteroatoms. The lowest BCUT2D eigenvalue weighted by Gasteiger charge is -2.07. The standard InChI is InChI=1S/C24H20N4/c25-15-20(24-17-27-22-8-4-5-9-23(22)28-24)16-26-21-12-10-19(11-13-21)14-18-6-2-1-3-7-18/h1-13,15-17,25-26H,14H2/b20-16+,25-15?. The fourth-order valence-corrected chi connectivity index (χ4v) is 3.00. The first kappa shape index (κ1) is 17.6. The number of benzene rings is 3. The monoisotopic (exact) mass is 364 g/mol. The van der Waals surface area contributed by atoms with Gasteiger partial charge in [-0.25, -0.2) is 4.98 Å². The minimum atomic E-state index is 0.668. The van der Waals surface area contributed by atoms with E-state index >= 15 is 0 Å². The summed E-state index contributed by atoms with van der Waals surface area (Å²) in [4.78, 5) is 9.02. The van der Waals surface area contributed by atoms with E-state index in [1.807, 2.05) is 42.5 Å². The number of para-hydroxylation sites is 2. The molecular formula is C24H20N4. The molecule has 0 unspecified atom stereocenters. The summed E-state index contributed by atoms with van der Waals surface area (Å²) in [5.41, 5.74) is 6.52. The maximum Gasteiger partial charge on any atom is 0.0922 e. The van der Waals surface area contributed by atoms with Crippen LogP contribution < -0.4 is 5.32 Å². The molecule has 2 N–H and O–H groups in total. The first-order chi connectivity index (χ1) is 13.8. The Balaban J connectivity index is 1.49. The summed E-state index contributed by atoms with van der Waals surface area (Å²) in [5.74, 6) is 0. The molecule has 1 aromatic heterocycles. The fourth-order valence-electron chi connectivity index (χ4n) is 3.00. The number of allylic oxidation sites excluding steroid dienone is 1. The second kappa shape index (κ2) is 8.27. The van der Waals surface area contributed by atoms with Gasteiger partial charge >= 0.3 is 0 Å².